The monoisotopic (exact) mass is 285 g/mol. The van der Waals surface area contributed by atoms with Gasteiger partial charge < -0.3 is 4.74 Å². The van der Waals surface area contributed by atoms with Crippen LogP contribution in [0, 0.1) is 5.82 Å². The lowest BCUT2D eigenvalue weighted by molar-refractivity contribution is 0.304. The van der Waals surface area contributed by atoms with Crippen LogP contribution < -0.4 is 4.74 Å². The summed E-state index contributed by atoms with van der Waals surface area (Å²) in [6, 6.07) is 8.13. The van der Waals surface area contributed by atoms with E-state index in [0.29, 0.717) is 17.2 Å². The molecule has 0 radical (unpaired) electrons. The van der Waals surface area contributed by atoms with Crippen LogP contribution in [0.2, 0.25) is 5.02 Å². The molecule has 0 saturated heterocycles. The van der Waals surface area contributed by atoms with Gasteiger partial charge in [0.15, 0.2) is 0 Å². The van der Waals surface area contributed by atoms with Crippen molar-refractivity contribution < 1.29 is 9.13 Å². The maximum atomic E-state index is 13.2. The van der Waals surface area contributed by atoms with Crippen molar-refractivity contribution in [2.24, 2.45) is 0 Å². The fourth-order valence-electron chi connectivity index (χ4n) is 1.37. The highest BCUT2D eigenvalue weighted by Gasteiger charge is 2.02. The van der Waals surface area contributed by atoms with E-state index >= 15 is 0 Å². The molecule has 0 bridgehead atoms. The van der Waals surface area contributed by atoms with Crippen molar-refractivity contribution in [1.82, 2.24) is 4.98 Å². The fraction of sp³-hybridized carbons (Fsp3) is 0.154. The minimum Gasteiger partial charge on any atom is -0.487 e. The number of rotatable bonds is 4. The predicted octanol–water partition coefficient (Wildman–Crippen LogP) is 4.19. The van der Waals surface area contributed by atoms with Gasteiger partial charge in [-0.05, 0) is 29.8 Å². The van der Waals surface area contributed by atoms with Gasteiger partial charge in [-0.2, -0.15) is 0 Å². The van der Waals surface area contributed by atoms with E-state index in [0.717, 1.165) is 5.69 Å². The lowest BCUT2D eigenvalue weighted by atomic mass is 10.2. The van der Waals surface area contributed by atoms with Crippen LogP contribution in [0.4, 0.5) is 4.39 Å². The fourth-order valence-corrected chi connectivity index (χ4v) is 1.65. The third-order valence-corrected chi connectivity index (χ3v) is 2.90. The number of pyridine rings is 1. The Morgan fingerprint density at radius 1 is 1.22 bits per heavy atom. The first kappa shape index (κ1) is 13.1. The highest BCUT2D eigenvalue weighted by molar-refractivity contribution is 6.30. The van der Waals surface area contributed by atoms with Gasteiger partial charge in [0.25, 0.3) is 0 Å². The molecule has 0 unspecified atom stereocenters. The lowest BCUT2D eigenvalue weighted by Crippen LogP contribution is -1.97. The number of aromatic nitrogens is 1. The molecule has 0 fully saturated rings. The molecule has 2 rings (SSSR count). The molecule has 94 valence electrons. The average Bonchev–Trinajstić information content (AvgIpc) is 2.41. The average molecular weight is 286 g/mol. The SMILES string of the molecule is Fc1cc(COc2ccc(CCl)nc2)ccc1Cl. The summed E-state index contributed by atoms with van der Waals surface area (Å²) >= 11 is 11.2. The second kappa shape index (κ2) is 6.03. The van der Waals surface area contributed by atoms with Crippen LogP contribution in [-0.2, 0) is 12.5 Å². The molecule has 0 aliphatic carbocycles. The number of halogens is 3. The molecule has 0 amide bonds. The van der Waals surface area contributed by atoms with Gasteiger partial charge in [-0.25, -0.2) is 4.39 Å². The normalized spacial score (nSPS) is 10.4. The Kier molecular flexibility index (Phi) is 4.39. The van der Waals surface area contributed by atoms with E-state index in [1.807, 2.05) is 0 Å². The summed E-state index contributed by atoms with van der Waals surface area (Å²) in [7, 11) is 0. The van der Waals surface area contributed by atoms with Crippen molar-refractivity contribution in [2.45, 2.75) is 12.5 Å². The second-order valence-corrected chi connectivity index (χ2v) is 4.33. The molecule has 1 heterocycles. The first-order valence-electron chi connectivity index (χ1n) is 5.26. The van der Waals surface area contributed by atoms with Crippen LogP contribution in [0.25, 0.3) is 0 Å². The summed E-state index contributed by atoms with van der Waals surface area (Å²) in [5, 5.41) is 0.104. The number of hydrogen-bond acceptors (Lipinski definition) is 2. The number of nitrogens with zero attached hydrogens (tertiary/aromatic N) is 1. The quantitative estimate of drug-likeness (QED) is 0.786. The molecule has 1 aromatic carbocycles. The van der Waals surface area contributed by atoms with Crippen LogP contribution in [0.3, 0.4) is 0 Å². The van der Waals surface area contributed by atoms with Crippen molar-refractivity contribution in [2.75, 3.05) is 0 Å². The van der Waals surface area contributed by atoms with Crippen molar-refractivity contribution in [3.63, 3.8) is 0 Å². The number of benzene rings is 1. The van der Waals surface area contributed by atoms with Crippen LogP contribution in [0.5, 0.6) is 5.75 Å². The van der Waals surface area contributed by atoms with Gasteiger partial charge >= 0.3 is 0 Å². The summed E-state index contributed by atoms with van der Waals surface area (Å²) in [4.78, 5) is 4.09. The standard InChI is InChI=1S/C13H10Cl2FNO/c14-6-10-2-3-11(7-17-10)18-8-9-1-4-12(15)13(16)5-9/h1-5,7H,6,8H2. The van der Waals surface area contributed by atoms with Gasteiger partial charge in [0.05, 0.1) is 22.8 Å². The Morgan fingerprint density at radius 2 is 2.06 bits per heavy atom. The summed E-state index contributed by atoms with van der Waals surface area (Å²) in [6.07, 6.45) is 1.59. The molecule has 1 aromatic heterocycles. The smallest absolute Gasteiger partial charge is 0.142 e. The Labute approximate surface area is 114 Å². The van der Waals surface area contributed by atoms with Gasteiger partial charge in [0.2, 0.25) is 0 Å². The van der Waals surface area contributed by atoms with Crippen LogP contribution >= 0.6 is 23.2 Å². The lowest BCUT2D eigenvalue weighted by Gasteiger charge is -2.06. The van der Waals surface area contributed by atoms with Crippen molar-refractivity contribution in [3.05, 3.63) is 58.6 Å². The van der Waals surface area contributed by atoms with E-state index in [2.05, 4.69) is 4.98 Å². The molecular weight excluding hydrogens is 276 g/mol. The summed E-state index contributed by atoms with van der Waals surface area (Å²) in [5.41, 5.74) is 1.49. The molecule has 0 spiro atoms. The van der Waals surface area contributed by atoms with Gasteiger partial charge in [0.1, 0.15) is 18.2 Å². The summed E-state index contributed by atoms with van der Waals surface area (Å²) < 4.78 is 18.7. The molecule has 5 heteroatoms. The molecule has 0 aliphatic heterocycles. The van der Waals surface area contributed by atoms with E-state index in [1.165, 1.54) is 12.1 Å². The van der Waals surface area contributed by atoms with E-state index in [9.17, 15) is 4.39 Å². The second-order valence-electron chi connectivity index (χ2n) is 3.66. The van der Waals surface area contributed by atoms with Crippen molar-refractivity contribution in [3.8, 4) is 5.75 Å². The van der Waals surface area contributed by atoms with Crippen molar-refractivity contribution >= 4 is 23.2 Å². The number of alkyl halides is 1. The highest BCUT2D eigenvalue weighted by atomic mass is 35.5. The summed E-state index contributed by atoms with van der Waals surface area (Å²) in [6.45, 7) is 0.260. The molecular formula is C13H10Cl2FNO. The Morgan fingerprint density at radius 3 is 2.67 bits per heavy atom. The Bertz CT molecular complexity index is 531. The van der Waals surface area contributed by atoms with Crippen LogP contribution in [-0.4, -0.2) is 4.98 Å². The van der Waals surface area contributed by atoms with E-state index in [1.54, 1.807) is 24.4 Å². The maximum absolute atomic E-state index is 13.2. The molecule has 18 heavy (non-hydrogen) atoms. The molecule has 0 atom stereocenters. The predicted molar refractivity (Wildman–Crippen MR) is 69.5 cm³/mol. The van der Waals surface area contributed by atoms with Gasteiger partial charge in [-0.1, -0.05) is 17.7 Å². The number of ether oxygens (including phenoxy) is 1. The topological polar surface area (TPSA) is 22.1 Å². The first-order chi connectivity index (χ1) is 8.69. The molecule has 0 N–H and O–H groups in total. The van der Waals surface area contributed by atoms with Gasteiger partial charge in [-0.15, -0.1) is 11.6 Å². The maximum Gasteiger partial charge on any atom is 0.142 e. The first-order valence-corrected chi connectivity index (χ1v) is 6.18. The molecule has 0 saturated carbocycles. The van der Waals surface area contributed by atoms with Crippen LogP contribution in [0.1, 0.15) is 11.3 Å². The molecule has 2 nitrogen and oxygen atoms in total. The largest absolute Gasteiger partial charge is 0.487 e. The molecule has 0 aliphatic rings. The minimum atomic E-state index is -0.451. The van der Waals surface area contributed by atoms with Crippen LogP contribution in [0.15, 0.2) is 36.5 Å². The van der Waals surface area contributed by atoms with E-state index in [-0.39, 0.29) is 11.6 Å². The zero-order valence-electron chi connectivity index (χ0n) is 9.37. The Hall–Kier alpha value is -1.32. The van der Waals surface area contributed by atoms with Gasteiger partial charge in [-0.3, -0.25) is 4.98 Å². The van der Waals surface area contributed by atoms with E-state index < -0.39 is 5.82 Å². The minimum absolute atomic E-state index is 0.104. The Balaban J connectivity index is 1.99. The zero-order valence-corrected chi connectivity index (χ0v) is 10.9. The summed E-state index contributed by atoms with van der Waals surface area (Å²) in [5.74, 6) is 0.524. The zero-order chi connectivity index (χ0) is 13.0. The third-order valence-electron chi connectivity index (χ3n) is 2.32. The third kappa shape index (κ3) is 3.34. The highest BCUT2D eigenvalue weighted by Crippen LogP contribution is 2.17. The van der Waals surface area contributed by atoms with E-state index in [4.69, 9.17) is 27.9 Å². The number of hydrogen-bond donors (Lipinski definition) is 0. The van der Waals surface area contributed by atoms with Gasteiger partial charge in [0, 0.05) is 0 Å². The van der Waals surface area contributed by atoms with Crippen molar-refractivity contribution in [1.29, 1.82) is 0 Å². The molecule has 2 aromatic rings.